The molecule has 0 heterocycles. The molecule has 112 valence electrons. The number of ether oxygens (including phenoxy) is 2. The third kappa shape index (κ3) is 3.99. The number of methoxy groups -OCH3 is 1. The van der Waals surface area contributed by atoms with Gasteiger partial charge in [-0.2, -0.15) is 0 Å². The minimum Gasteiger partial charge on any atom is -0.493 e. The highest BCUT2D eigenvalue weighted by Gasteiger charge is 2.08. The average molecular weight is 285 g/mol. The maximum Gasteiger partial charge on any atom is 0.161 e. The van der Waals surface area contributed by atoms with E-state index in [1.54, 1.807) is 7.11 Å². The van der Waals surface area contributed by atoms with Crippen LogP contribution in [0.5, 0.6) is 11.5 Å². The zero-order valence-electron chi connectivity index (χ0n) is 13.1. The molecule has 0 aromatic heterocycles. The Morgan fingerprint density at radius 3 is 2.24 bits per heavy atom. The molecule has 1 atom stereocenters. The van der Waals surface area contributed by atoms with Gasteiger partial charge in [0.2, 0.25) is 0 Å². The number of rotatable bonds is 5. The number of hydrogen-bond donors (Lipinski definition) is 1. The first-order valence-corrected chi connectivity index (χ1v) is 7.13. The SMILES string of the molecule is COc1cc(C(C)N)ccc1OCc1cc(C)cc(C)c1. The van der Waals surface area contributed by atoms with E-state index in [9.17, 15) is 0 Å². The van der Waals surface area contributed by atoms with Crippen LogP contribution in [0, 0.1) is 13.8 Å². The molecular formula is C18H23NO2. The molecule has 0 saturated carbocycles. The van der Waals surface area contributed by atoms with Gasteiger partial charge in [-0.3, -0.25) is 0 Å². The maximum atomic E-state index is 5.89. The minimum atomic E-state index is -0.0210. The lowest BCUT2D eigenvalue weighted by atomic mass is 10.1. The van der Waals surface area contributed by atoms with Gasteiger partial charge >= 0.3 is 0 Å². The van der Waals surface area contributed by atoms with Crippen molar-refractivity contribution in [1.82, 2.24) is 0 Å². The highest BCUT2D eigenvalue weighted by atomic mass is 16.5. The van der Waals surface area contributed by atoms with E-state index in [2.05, 4.69) is 32.0 Å². The summed E-state index contributed by atoms with van der Waals surface area (Å²) in [4.78, 5) is 0. The summed E-state index contributed by atoms with van der Waals surface area (Å²) in [6, 6.07) is 12.2. The number of nitrogens with two attached hydrogens (primary N) is 1. The van der Waals surface area contributed by atoms with Gasteiger partial charge in [0.1, 0.15) is 6.61 Å². The lowest BCUT2D eigenvalue weighted by Gasteiger charge is -2.14. The van der Waals surface area contributed by atoms with Gasteiger partial charge in [0.15, 0.2) is 11.5 Å². The van der Waals surface area contributed by atoms with E-state index in [0.717, 1.165) is 16.9 Å². The van der Waals surface area contributed by atoms with Crippen LogP contribution in [0.25, 0.3) is 0 Å². The predicted octanol–water partition coefficient (Wildman–Crippen LogP) is 3.91. The third-order valence-electron chi connectivity index (χ3n) is 3.39. The van der Waals surface area contributed by atoms with Crippen LogP contribution in [0.15, 0.2) is 36.4 Å². The summed E-state index contributed by atoms with van der Waals surface area (Å²) >= 11 is 0. The van der Waals surface area contributed by atoms with E-state index in [1.807, 2.05) is 25.1 Å². The van der Waals surface area contributed by atoms with Gasteiger partial charge in [-0.1, -0.05) is 35.4 Å². The Balaban J connectivity index is 2.15. The van der Waals surface area contributed by atoms with Gasteiger partial charge in [-0.25, -0.2) is 0 Å². The summed E-state index contributed by atoms with van der Waals surface area (Å²) in [6.07, 6.45) is 0. The third-order valence-corrected chi connectivity index (χ3v) is 3.39. The first kappa shape index (κ1) is 15.4. The van der Waals surface area contributed by atoms with Crippen molar-refractivity contribution in [3.8, 4) is 11.5 Å². The van der Waals surface area contributed by atoms with Gasteiger partial charge in [-0.15, -0.1) is 0 Å². The zero-order chi connectivity index (χ0) is 15.4. The lowest BCUT2D eigenvalue weighted by Crippen LogP contribution is -2.06. The topological polar surface area (TPSA) is 44.5 Å². The molecule has 3 nitrogen and oxygen atoms in total. The van der Waals surface area contributed by atoms with Gasteiger partial charge in [-0.05, 0) is 44.0 Å². The molecule has 0 aliphatic heterocycles. The molecule has 0 radical (unpaired) electrons. The van der Waals surface area contributed by atoms with Crippen molar-refractivity contribution in [1.29, 1.82) is 0 Å². The maximum absolute atomic E-state index is 5.89. The molecule has 0 fully saturated rings. The summed E-state index contributed by atoms with van der Waals surface area (Å²) in [5, 5.41) is 0. The second-order valence-corrected chi connectivity index (χ2v) is 5.48. The monoisotopic (exact) mass is 285 g/mol. The number of aryl methyl sites for hydroxylation is 2. The van der Waals surface area contributed by atoms with Gasteiger partial charge < -0.3 is 15.2 Å². The van der Waals surface area contributed by atoms with E-state index in [1.165, 1.54) is 11.1 Å². The molecule has 2 rings (SSSR count). The van der Waals surface area contributed by atoms with Gasteiger partial charge in [0, 0.05) is 6.04 Å². The molecule has 2 aromatic carbocycles. The van der Waals surface area contributed by atoms with E-state index in [-0.39, 0.29) is 6.04 Å². The van der Waals surface area contributed by atoms with Crippen LogP contribution < -0.4 is 15.2 Å². The van der Waals surface area contributed by atoms with Crippen molar-refractivity contribution in [2.45, 2.75) is 33.4 Å². The van der Waals surface area contributed by atoms with Crippen LogP contribution in [-0.2, 0) is 6.61 Å². The first-order valence-electron chi connectivity index (χ1n) is 7.13. The predicted molar refractivity (Wildman–Crippen MR) is 85.8 cm³/mol. The summed E-state index contributed by atoms with van der Waals surface area (Å²) in [5.74, 6) is 1.45. The molecule has 1 unspecified atom stereocenters. The zero-order valence-corrected chi connectivity index (χ0v) is 13.1. The van der Waals surface area contributed by atoms with Crippen LogP contribution in [-0.4, -0.2) is 7.11 Å². The standard InChI is InChI=1S/C18H23NO2/c1-12-7-13(2)9-15(8-12)11-21-17-6-5-16(14(3)19)10-18(17)20-4/h5-10,14H,11,19H2,1-4H3. The molecule has 0 spiro atoms. The Bertz CT molecular complexity index is 600. The Morgan fingerprint density at radius 1 is 1.00 bits per heavy atom. The Labute approximate surface area is 126 Å². The van der Waals surface area contributed by atoms with E-state index in [0.29, 0.717) is 12.4 Å². The summed E-state index contributed by atoms with van der Waals surface area (Å²) in [5.41, 5.74) is 10.6. The second-order valence-electron chi connectivity index (χ2n) is 5.48. The van der Waals surface area contributed by atoms with E-state index >= 15 is 0 Å². The molecule has 0 aliphatic rings. The highest BCUT2D eigenvalue weighted by Crippen LogP contribution is 2.30. The molecule has 21 heavy (non-hydrogen) atoms. The van der Waals surface area contributed by atoms with Crippen LogP contribution in [0.3, 0.4) is 0 Å². The summed E-state index contributed by atoms with van der Waals surface area (Å²) in [6.45, 7) is 6.66. The van der Waals surface area contributed by atoms with Crippen molar-refractivity contribution >= 4 is 0 Å². The fourth-order valence-corrected chi connectivity index (χ4v) is 2.40. The summed E-state index contributed by atoms with van der Waals surface area (Å²) < 4.78 is 11.3. The minimum absolute atomic E-state index is 0.0210. The fraction of sp³-hybridized carbons (Fsp3) is 0.333. The van der Waals surface area contributed by atoms with Gasteiger partial charge in [0.05, 0.1) is 7.11 Å². The van der Waals surface area contributed by atoms with Crippen molar-refractivity contribution in [3.05, 3.63) is 58.7 Å². The Morgan fingerprint density at radius 2 is 1.67 bits per heavy atom. The smallest absolute Gasteiger partial charge is 0.161 e. The van der Waals surface area contributed by atoms with Crippen molar-refractivity contribution in [3.63, 3.8) is 0 Å². The molecule has 0 amide bonds. The van der Waals surface area contributed by atoms with Crippen molar-refractivity contribution in [2.24, 2.45) is 5.73 Å². The second kappa shape index (κ2) is 6.64. The first-order chi connectivity index (χ1) is 9.99. The van der Waals surface area contributed by atoms with Crippen LogP contribution in [0.4, 0.5) is 0 Å². The van der Waals surface area contributed by atoms with Gasteiger partial charge in [0.25, 0.3) is 0 Å². The largest absolute Gasteiger partial charge is 0.493 e. The number of benzene rings is 2. The average Bonchev–Trinajstić information content (AvgIpc) is 2.43. The molecule has 2 aromatic rings. The van der Waals surface area contributed by atoms with Crippen molar-refractivity contribution < 1.29 is 9.47 Å². The molecular weight excluding hydrogens is 262 g/mol. The van der Waals surface area contributed by atoms with E-state index in [4.69, 9.17) is 15.2 Å². The normalized spacial score (nSPS) is 12.0. The quantitative estimate of drug-likeness (QED) is 0.905. The summed E-state index contributed by atoms with van der Waals surface area (Å²) in [7, 11) is 1.64. The number of hydrogen-bond acceptors (Lipinski definition) is 3. The highest BCUT2D eigenvalue weighted by molar-refractivity contribution is 5.44. The molecule has 0 saturated heterocycles. The van der Waals surface area contributed by atoms with E-state index < -0.39 is 0 Å². The Kier molecular flexibility index (Phi) is 4.86. The molecule has 2 N–H and O–H groups in total. The molecule has 0 aliphatic carbocycles. The van der Waals surface area contributed by atoms with Crippen LogP contribution in [0.1, 0.15) is 35.2 Å². The van der Waals surface area contributed by atoms with Crippen LogP contribution in [0.2, 0.25) is 0 Å². The molecule has 0 bridgehead atoms. The lowest BCUT2D eigenvalue weighted by molar-refractivity contribution is 0.284. The van der Waals surface area contributed by atoms with Crippen LogP contribution >= 0.6 is 0 Å². The van der Waals surface area contributed by atoms with Crippen molar-refractivity contribution in [2.75, 3.05) is 7.11 Å². The Hall–Kier alpha value is -2.00. The molecule has 3 heteroatoms. The fourth-order valence-electron chi connectivity index (χ4n) is 2.40.